The summed E-state index contributed by atoms with van der Waals surface area (Å²) >= 11 is 0. The standard InChI is InChI=1S/C24H41N3O3/c1-22(2)16-20(26-17-18-7-6-13-27(18)4)24(9-8-21(28)25-12-14-30-5)11-10-23(3,29)15-19(22)24/h6-7,13,19-20,26,29H,8-12,14-17H2,1-5H3,(H,25,28). The van der Waals surface area contributed by atoms with Crippen LogP contribution in [0.25, 0.3) is 0 Å². The fourth-order valence-electron chi connectivity index (χ4n) is 6.15. The van der Waals surface area contributed by atoms with Crippen LogP contribution in [0.3, 0.4) is 0 Å². The Balaban J connectivity index is 1.77. The van der Waals surface area contributed by atoms with E-state index in [2.05, 4.69) is 54.4 Å². The molecule has 2 saturated carbocycles. The van der Waals surface area contributed by atoms with Crippen molar-refractivity contribution >= 4 is 5.91 Å². The largest absolute Gasteiger partial charge is 0.390 e. The van der Waals surface area contributed by atoms with Crippen molar-refractivity contribution in [1.29, 1.82) is 0 Å². The molecule has 4 atom stereocenters. The Bertz CT molecular complexity index is 727. The van der Waals surface area contributed by atoms with E-state index >= 15 is 0 Å². The van der Waals surface area contributed by atoms with E-state index in [0.29, 0.717) is 31.5 Å². The van der Waals surface area contributed by atoms with Crippen LogP contribution in [0.1, 0.15) is 65.0 Å². The Kier molecular flexibility index (Phi) is 7.00. The van der Waals surface area contributed by atoms with Crippen LogP contribution in [0.2, 0.25) is 0 Å². The predicted octanol–water partition coefficient (Wildman–Crippen LogP) is 2.99. The molecule has 3 rings (SSSR count). The van der Waals surface area contributed by atoms with Crippen LogP contribution in [0.15, 0.2) is 18.3 Å². The van der Waals surface area contributed by atoms with Crippen LogP contribution in [0.4, 0.5) is 0 Å². The lowest BCUT2D eigenvalue weighted by Gasteiger charge is -2.51. The van der Waals surface area contributed by atoms with Gasteiger partial charge in [-0.3, -0.25) is 4.79 Å². The minimum atomic E-state index is -0.612. The van der Waals surface area contributed by atoms with E-state index in [-0.39, 0.29) is 16.7 Å². The summed E-state index contributed by atoms with van der Waals surface area (Å²) in [5, 5.41) is 17.7. The molecule has 0 aliphatic heterocycles. The quantitative estimate of drug-likeness (QED) is 0.538. The van der Waals surface area contributed by atoms with Gasteiger partial charge in [0.25, 0.3) is 0 Å². The number of carbonyl (C=O) groups is 1. The third-order valence-corrected chi connectivity index (χ3v) is 7.86. The van der Waals surface area contributed by atoms with Gasteiger partial charge in [0.2, 0.25) is 5.91 Å². The highest BCUT2D eigenvalue weighted by Crippen LogP contribution is 2.63. The van der Waals surface area contributed by atoms with Gasteiger partial charge in [0.05, 0.1) is 12.2 Å². The molecule has 6 heteroatoms. The monoisotopic (exact) mass is 419 g/mol. The van der Waals surface area contributed by atoms with E-state index in [0.717, 1.165) is 38.6 Å². The molecule has 2 aliphatic rings. The number of hydrogen-bond acceptors (Lipinski definition) is 4. The normalized spacial score (nSPS) is 32.7. The zero-order valence-corrected chi connectivity index (χ0v) is 19.5. The molecule has 1 amide bonds. The highest BCUT2D eigenvalue weighted by atomic mass is 16.5. The zero-order chi connectivity index (χ0) is 22.0. The second-order valence-corrected chi connectivity index (χ2v) is 10.6. The summed E-state index contributed by atoms with van der Waals surface area (Å²) in [7, 11) is 3.73. The number of methoxy groups -OCH3 is 1. The van der Waals surface area contributed by atoms with Gasteiger partial charge in [-0.05, 0) is 67.9 Å². The molecular formula is C24H41N3O3. The maximum absolute atomic E-state index is 12.5. The van der Waals surface area contributed by atoms with Crippen LogP contribution in [0, 0.1) is 16.7 Å². The highest BCUT2D eigenvalue weighted by molar-refractivity contribution is 5.75. The Morgan fingerprint density at radius 3 is 2.73 bits per heavy atom. The average molecular weight is 420 g/mol. The van der Waals surface area contributed by atoms with Gasteiger partial charge < -0.3 is 25.0 Å². The minimum absolute atomic E-state index is 0.0372. The topological polar surface area (TPSA) is 75.5 Å². The summed E-state index contributed by atoms with van der Waals surface area (Å²) in [6.07, 6.45) is 7.12. The first-order valence-electron chi connectivity index (χ1n) is 11.4. The SMILES string of the molecule is COCCNC(=O)CCC12CCC(C)(O)CC1C(C)(C)CC2NCc1cccn1C. The Morgan fingerprint density at radius 2 is 2.07 bits per heavy atom. The number of aliphatic hydroxyl groups is 1. The number of ether oxygens (including phenoxy) is 1. The van der Waals surface area contributed by atoms with Gasteiger partial charge in [0, 0.05) is 51.6 Å². The minimum Gasteiger partial charge on any atom is -0.390 e. The van der Waals surface area contributed by atoms with Gasteiger partial charge in [-0.1, -0.05) is 13.8 Å². The molecule has 0 spiro atoms. The number of hydrogen-bond donors (Lipinski definition) is 3. The lowest BCUT2D eigenvalue weighted by molar-refractivity contribution is -0.123. The van der Waals surface area contributed by atoms with E-state index in [1.165, 1.54) is 5.69 Å². The third-order valence-electron chi connectivity index (χ3n) is 7.86. The summed E-state index contributed by atoms with van der Waals surface area (Å²) in [6.45, 7) is 8.59. The van der Waals surface area contributed by atoms with E-state index in [4.69, 9.17) is 4.74 Å². The summed E-state index contributed by atoms with van der Waals surface area (Å²) < 4.78 is 7.20. The van der Waals surface area contributed by atoms with Gasteiger partial charge in [0.15, 0.2) is 0 Å². The van der Waals surface area contributed by atoms with Crippen molar-refractivity contribution in [3.8, 4) is 0 Å². The number of nitrogens with one attached hydrogen (secondary N) is 2. The van der Waals surface area contributed by atoms with Gasteiger partial charge in [-0.15, -0.1) is 0 Å². The number of aromatic nitrogens is 1. The molecule has 0 bridgehead atoms. The van der Waals surface area contributed by atoms with E-state index in [1.807, 2.05) is 6.92 Å². The van der Waals surface area contributed by atoms with Crippen molar-refractivity contribution in [2.75, 3.05) is 20.3 Å². The number of rotatable bonds is 9. The highest BCUT2D eigenvalue weighted by Gasteiger charge is 2.61. The lowest BCUT2D eigenvalue weighted by Crippen LogP contribution is -2.51. The molecule has 3 N–H and O–H groups in total. The predicted molar refractivity (Wildman–Crippen MR) is 119 cm³/mol. The van der Waals surface area contributed by atoms with Crippen molar-refractivity contribution in [3.05, 3.63) is 24.0 Å². The van der Waals surface area contributed by atoms with Crippen LogP contribution >= 0.6 is 0 Å². The van der Waals surface area contributed by atoms with Crippen molar-refractivity contribution in [2.45, 2.75) is 77.5 Å². The van der Waals surface area contributed by atoms with E-state index in [1.54, 1.807) is 7.11 Å². The van der Waals surface area contributed by atoms with Crippen molar-refractivity contribution < 1.29 is 14.6 Å². The number of nitrogens with zero attached hydrogens (tertiary/aromatic N) is 1. The molecule has 30 heavy (non-hydrogen) atoms. The summed E-state index contributed by atoms with van der Waals surface area (Å²) in [4.78, 5) is 12.5. The third kappa shape index (κ3) is 4.92. The smallest absolute Gasteiger partial charge is 0.220 e. The second-order valence-electron chi connectivity index (χ2n) is 10.6. The van der Waals surface area contributed by atoms with E-state index in [9.17, 15) is 9.90 Å². The van der Waals surface area contributed by atoms with Crippen molar-refractivity contribution in [1.82, 2.24) is 15.2 Å². The number of carbonyl (C=O) groups excluding carboxylic acids is 1. The Morgan fingerprint density at radius 1 is 1.30 bits per heavy atom. The molecule has 1 aromatic heterocycles. The molecule has 0 saturated heterocycles. The fourth-order valence-corrected chi connectivity index (χ4v) is 6.15. The summed E-state index contributed by atoms with van der Waals surface area (Å²) in [6, 6.07) is 4.58. The Labute approximate surface area is 181 Å². The van der Waals surface area contributed by atoms with Gasteiger partial charge >= 0.3 is 0 Å². The molecule has 4 unspecified atom stereocenters. The molecule has 0 radical (unpaired) electrons. The molecule has 6 nitrogen and oxygen atoms in total. The molecule has 2 aliphatic carbocycles. The number of aryl methyl sites for hydroxylation is 1. The van der Waals surface area contributed by atoms with Crippen LogP contribution in [-0.2, 0) is 23.1 Å². The maximum Gasteiger partial charge on any atom is 0.220 e. The van der Waals surface area contributed by atoms with Gasteiger partial charge in [-0.2, -0.15) is 0 Å². The van der Waals surface area contributed by atoms with Gasteiger partial charge in [0.1, 0.15) is 0 Å². The van der Waals surface area contributed by atoms with Gasteiger partial charge in [-0.25, -0.2) is 0 Å². The first-order valence-corrected chi connectivity index (χ1v) is 11.4. The van der Waals surface area contributed by atoms with Crippen molar-refractivity contribution in [3.63, 3.8) is 0 Å². The Hall–Kier alpha value is -1.37. The fraction of sp³-hybridized carbons (Fsp3) is 0.792. The molecule has 0 aromatic carbocycles. The summed E-state index contributed by atoms with van der Waals surface area (Å²) in [5.74, 6) is 0.495. The average Bonchev–Trinajstić information content (AvgIpc) is 3.17. The number of fused-ring (bicyclic) bond motifs is 1. The maximum atomic E-state index is 12.5. The van der Waals surface area contributed by atoms with Crippen molar-refractivity contribution in [2.24, 2.45) is 23.8 Å². The van der Waals surface area contributed by atoms with E-state index < -0.39 is 5.60 Å². The second kappa shape index (κ2) is 9.01. The first kappa shape index (κ1) is 23.3. The lowest BCUT2D eigenvalue weighted by atomic mass is 9.57. The molecule has 1 heterocycles. The first-order chi connectivity index (χ1) is 14.1. The van der Waals surface area contributed by atoms with Crippen LogP contribution in [-0.4, -0.2) is 47.5 Å². The summed E-state index contributed by atoms with van der Waals surface area (Å²) in [5.41, 5.74) is 0.823. The van der Waals surface area contributed by atoms with Crippen LogP contribution < -0.4 is 10.6 Å². The molecular weight excluding hydrogens is 378 g/mol. The molecule has 1 aromatic rings. The number of amides is 1. The molecule has 2 fully saturated rings. The van der Waals surface area contributed by atoms with Crippen LogP contribution in [0.5, 0.6) is 0 Å². The zero-order valence-electron chi connectivity index (χ0n) is 19.5. The molecule has 170 valence electrons.